The number of Topliss-reactive ketones (excluding diaryl/α,β-unsaturated/α-hetero) is 1. The molecule has 2 rings (SSSR count). The number of hydrogen-bond donors (Lipinski definition) is 0. The molecule has 0 aliphatic heterocycles. The van der Waals surface area contributed by atoms with Crippen molar-refractivity contribution >= 4 is 33.8 Å². The number of ketones is 1. The van der Waals surface area contributed by atoms with E-state index in [9.17, 15) is 9.59 Å². The van der Waals surface area contributed by atoms with E-state index in [1.54, 1.807) is 30.3 Å². The summed E-state index contributed by atoms with van der Waals surface area (Å²) in [5, 5.41) is 0. The van der Waals surface area contributed by atoms with Gasteiger partial charge in [0.25, 0.3) is 0 Å². The second-order valence-electron chi connectivity index (χ2n) is 4.29. The highest BCUT2D eigenvalue weighted by molar-refractivity contribution is 9.10. The van der Waals surface area contributed by atoms with E-state index >= 15 is 0 Å². The topological polar surface area (TPSA) is 43.4 Å². The molecule has 2 aromatic rings. The molecule has 0 radical (unpaired) electrons. The van der Waals surface area contributed by atoms with Crippen LogP contribution in [0.1, 0.15) is 15.9 Å². The smallest absolute Gasteiger partial charge is 0.331 e. The lowest BCUT2D eigenvalue weighted by molar-refractivity contribution is -0.136. The second kappa shape index (κ2) is 7.55. The van der Waals surface area contributed by atoms with Gasteiger partial charge in [0.15, 0.2) is 12.4 Å². The Kier molecular flexibility index (Phi) is 5.46. The van der Waals surface area contributed by atoms with Gasteiger partial charge in [-0.1, -0.05) is 58.4 Å². The summed E-state index contributed by atoms with van der Waals surface area (Å²) in [7, 11) is 0. The number of carbonyl (C=O) groups is 2. The Morgan fingerprint density at radius 1 is 1.05 bits per heavy atom. The average molecular weight is 345 g/mol. The first-order chi connectivity index (χ1) is 10.1. The first-order valence-corrected chi connectivity index (χ1v) is 7.13. The molecule has 2 aromatic carbocycles. The minimum Gasteiger partial charge on any atom is -0.454 e. The average Bonchev–Trinajstić information content (AvgIpc) is 2.51. The molecule has 0 bridgehead atoms. The van der Waals surface area contributed by atoms with E-state index in [4.69, 9.17) is 4.74 Å². The molecular formula is C17H13BrO3. The normalized spacial score (nSPS) is 10.5. The van der Waals surface area contributed by atoms with Gasteiger partial charge >= 0.3 is 5.97 Å². The van der Waals surface area contributed by atoms with Crippen LogP contribution >= 0.6 is 15.9 Å². The summed E-state index contributed by atoms with van der Waals surface area (Å²) in [4.78, 5) is 23.3. The Morgan fingerprint density at radius 3 is 2.52 bits per heavy atom. The molecule has 21 heavy (non-hydrogen) atoms. The molecule has 0 spiro atoms. The molecule has 0 aliphatic carbocycles. The zero-order chi connectivity index (χ0) is 15.1. The minimum absolute atomic E-state index is 0.222. The quantitative estimate of drug-likeness (QED) is 0.469. The molecular weight excluding hydrogens is 332 g/mol. The first kappa shape index (κ1) is 15.2. The molecule has 0 saturated carbocycles. The van der Waals surface area contributed by atoms with Crippen LogP contribution in [0, 0.1) is 0 Å². The Balaban J connectivity index is 1.86. The lowest BCUT2D eigenvalue weighted by Crippen LogP contribution is -2.12. The van der Waals surface area contributed by atoms with Crippen LogP contribution in [0.15, 0.2) is 65.1 Å². The van der Waals surface area contributed by atoms with Crippen molar-refractivity contribution in [3.8, 4) is 0 Å². The van der Waals surface area contributed by atoms with Crippen molar-refractivity contribution in [2.45, 2.75) is 0 Å². The van der Waals surface area contributed by atoms with E-state index in [1.165, 1.54) is 6.08 Å². The SMILES string of the molecule is O=C(/C=C/c1cccc(Br)c1)OCC(=O)c1ccccc1. The molecule has 0 atom stereocenters. The molecule has 0 N–H and O–H groups in total. The van der Waals surface area contributed by atoms with Gasteiger partial charge in [0.05, 0.1) is 0 Å². The number of benzene rings is 2. The maximum Gasteiger partial charge on any atom is 0.331 e. The van der Waals surface area contributed by atoms with Crippen LogP contribution in [0.5, 0.6) is 0 Å². The van der Waals surface area contributed by atoms with Crippen molar-refractivity contribution in [3.63, 3.8) is 0 Å². The predicted octanol–water partition coefficient (Wildman–Crippen LogP) is 3.89. The number of halogens is 1. The Labute approximate surface area is 131 Å². The molecule has 0 saturated heterocycles. The van der Waals surface area contributed by atoms with Crippen molar-refractivity contribution in [2.24, 2.45) is 0 Å². The summed E-state index contributed by atoms with van der Waals surface area (Å²) in [5.41, 5.74) is 1.40. The maximum absolute atomic E-state index is 11.8. The van der Waals surface area contributed by atoms with E-state index in [1.807, 2.05) is 30.3 Å². The zero-order valence-electron chi connectivity index (χ0n) is 11.2. The molecule has 0 heterocycles. The highest BCUT2D eigenvalue weighted by Gasteiger charge is 2.07. The summed E-state index contributed by atoms with van der Waals surface area (Å²) >= 11 is 3.35. The third-order valence-electron chi connectivity index (χ3n) is 2.70. The minimum atomic E-state index is -0.542. The van der Waals surface area contributed by atoms with Crippen LogP contribution in [-0.4, -0.2) is 18.4 Å². The zero-order valence-corrected chi connectivity index (χ0v) is 12.7. The predicted molar refractivity (Wildman–Crippen MR) is 84.9 cm³/mol. The number of rotatable bonds is 5. The van der Waals surface area contributed by atoms with Crippen molar-refractivity contribution in [1.29, 1.82) is 0 Å². The number of carbonyl (C=O) groups excluding carboxylic acids is 2. The number of hydrogen-bond acceptors (Lipinski definition) is 3. The summed E-state index contributed by atoms with van der Waals surface area (Å²) in [6.07, 6.45) is 2.94. The Morgan fingerprint density at radius 2 is 1.81 bits per heavy atom. The molecule has 106 valence electrons. The van der Waals surface area contributed by atoms with Crippen LogP contribution in [0.3, 0.4) is 0 Å². The molecule has 4 heteroatoms. The standard InChI is InChI=1S/C17H13BrO3/c18-15-8-4-5-13(11-15)9-10-17(20)21-12-16(19)14-6-2-1-3-7-14/h1-11H,12H2/b10-9+. The Hall–Kier alpha value is -2.20. The molecule has 0 unspecified atom stereocenters. The van der Waals surface area contributed by atoms with Gasteiger partial charge in [0, 0.05) is 16.1 Å². The van der Waals surface area contributed by atoms with E-state index in [0.29, 0.717) is 5.56 Å². The highest BCUT2D eigenvalue weighted by Crippen LogP contribution is 2.12. The van der Waals surface area contributed by atoms with Crippen LogP contribution in [0.2, 0.25) is 0 Å². The number of esters is 1. The van der Waals surface area contributed by atoms with Crippen molar-refractivity contribution in [2.75, 3.05) is 6.61 Å². The molecule has 0 fully saturated rings. The largest absolute Gasteiger partial charge is 0.454 e. The molecule has 0 aliphatic rings. The van der Waals surface area contributed by atoms with Gasteiger partial charge in [-0.25, -0.2) is 4.79 Å². The first-order valence-electron chi connectivity index (χ1n) is 6.34. The summed E-state index contributed by atoms with van der Waals surface area (Å²) in [5.74, 6) is -0.765. The van der Waals surface area contributed by atoms with Crippen molar-refractivity contribution in [3.05, 3.63) is 76.3 Å². The van der Waals surface area contributed by atoms with Gasteiger partial charge < -0.3 is 4.74 Å². The molecule has 0 aromatic heterocycles. The Bertz CT molecular complexity index is 663. The van der Waals surface area contributed by atoms with E-state index < -0.39 is 5.97 Å². The molecule has 3 nitrogen and oxygen atoms in total. The monoisotopic (exact) mass is 344 g/mol. The lowest BCUT2D eigenvalue weighted by Gasteiger charge is -2.01. The summed E-state index contributed by atoms with van der Waals surface area (Å²) in [6, 6.07) is 16.2. The lowest BCUT2D eigenvalue weighted by atomic mass is 10.1. The van der Waals surface area contributed by atoms with Gasteiger partial charge in [0.2, 0.25) is 0 Å². The van der Waals surface area contributed by atoms with E-state index in [-0.39, 0.29) is 12.4 Å². The highest BCUT2D eigenvalue weighted by atomic mass is 79.9. The van der Waals surface area contributed by atoms with Gasteiger partial charge in [-0.15, -0.1) is 0 Å². The van der Waals surface area contributed by atoms with Gasteiger partial charge in [-0.2, -0.15) is 0 Å². The van der Waals surface area contributed by atoms with E-state index in [0.717, 1.165) is 10.0 Å². The van der Waals surface area contributed by atoms with Crippen LogP contribution < -0.4 is 0 Å². The van der Waals surface area contributed by atoms with E-state index in [2.05, 4.69) is 15.9 Å². The molecule has 0 amide bonds. The van der Waals surface area contributed by atoms with Gasteiger partial charge in [-0.05, 0) is 23.8 Å². The fraction of sp³-hybridized carbons (Fsp3) is 0.0588. The maximum atomic E-state index is 11.8. The second-order valence-corrected chi connectivity index (χ2v) is 5.20. The third kappa shape index (κ3) is 5.00. The van der Waals surface area contributed by atoms with Crippen molar-refractivity contribution < 1.29 is 14.3 Å². The van der Waals surface area contributed by atoms with Crippen LogP contribution in [0.4, 0.5) is 0 Å². The fourth-order valence-corrected chi connectivity index (χ4v) is 2.08. The summed E-state index contributed by atoms with van der Waals surface area (Å²) < 4.78 is 5.85. The van der Waals surface area contributed by atoms with Gasteiger partial charge in [-0.3, -0.25) is 4.79 Å². The van der Waals surface area contributed by atoms with Crippen molar-refractivity contribution in [1.82, 2.24) is 0 Å². The fourth-order valence-electron chi connectivity index (χ4n) is 1.67. The number of ether oxygens (including phenoxy) is 1. The van der Waals surface area contributed by atoms with Crippen LogP contribution in [0.25, 0.3) is 6.08 Å². The van der Waals surface area contributed by atoms with Gasteiger partial charge in [0.1, 0.15) is 0 Å². The summed E-state index contributed by atoms with van der Waals surface area (Å²) in [6.45, 7) is -0.258. The third-order valence-corrected chi connectivity index (χ3v) is 3.20. The van der Waals surface area contributed by atoms with Crippen LogP contribution in [-0.2, 0) is 9.53 Å².